The number of benzene rings is 1. The molecule has 0 spiro atoms. The minimum absolute atomic E-state index is 0.0746. The zero-order chi connectivity index (χ0) is 12.2. The van der Waals surface area contributed by atoms with Crippen LogP contribution in [0.15, 0.2) is 24.3 Å². The van der Waals surface area contributed by atoms with Crippen molar-refractivity contribution in [3.8, 4) is 0 Å². The first-order valence-electron chi connectivity index (χ1n) is 4.93. The monoisotopic (exact) mass is 243 g/mol. The summed E-state index contributed by atoms with van der Waals surface area (Å²) in [6.45, 7) is 0.111. The highest BCUT2D eigenvalue weighted by atomic mass is 32.2. The summed E-state index contributed by atoms with van der Waals surface area (Å²) >= 11 is 0. The van der Waals surface area contributed by atoms with Crippen LogP contribution in [0, 0.1) is 0 Å². The van der Waals surface area contributed by atoms with E-state index < -0.39 is 10.0 Å². The molecule has 0 fully saturated rings. The molecular weight excluding hydrogens is 226 g/mol. The number of hydrogen-bond acceptors (Lipinski definition) is 4. The van der Waals surface area contributed by atoms with E-state index in [1.54, 1.807) is 12.1 Å². The van der Waals surface area contributed by atoms with E-state index in [0.717, 1.165) is 5.69 Å². The Bertz CT molecular complexity index is 443. The van der Waals surface area contributed by atoms with Crippen LogP contribution in [0.3, 0.4) is 0 Å². The molecule has 6 heteroatoms. The highest BCUT2D eigenvalue weighted by molar-refractivity contribution is 7.92. The quantitative estimate of drug-likeness (QED) is 0.787. The number of sulfonamides is 1. The summed E-state index contributed by atoms with van der Waals surface area (Å²) in [5, 5.41) is 0. The minimum atomic E-state index is -3.34. The maximum Gasteiger partial charge on any atom is 0.234 e. The van der Waals surface area contributed by atoms with Crippen LogP contribution in [0.1, 0.15) is 0 Å². The zero-order valence-corrected chi connectivity index (χ0v) is 10.3. The third-order valence-corrected chi connectivity index (χ3v) is 3.34. The van der Waals surface area contributed by atoms with Crippen LogP contribution in [-0.4, -0.2) is 34.8 Å². The Balaban J connectivity index is 2.97. The molecule has 90 valence electrons. The van der Waals surface area contributed by atoms with Gasteiger partial charge in [0.25, 0.3) is 0 Å². The summed E-state index contributed by atoms with van der Waals surface area (Å²) in [6.07, 6.45) is 0. The van der Waals surface area contributed by atoms with Gasteiger partial charge in [0, 0.05) is 20.6 Å². The van der Waals surface area contributed by atoms with Gasteiger partial charge in [0.05, 0.1) is 17.1 Å². The van der Waals surface area contributed by atoms with Gasteiger partial charge in [0.15, 0.2) is 0 Å². The maximum absolute atomic E-state index is 11.6. The summed E-state index contributed by atoms with van der Waals surface area (Å²) in [4.78, 5) is 1.85. The van der Waals surface area contributed by atoms with Crippen LogP contribution in [0.5, 0.6) is 0 Å². The molecule has 16 heavy (non-hydrogen) atoms. The first kappa shape index (κ1) is 12.8. The molecule has 0 heterocycles. The van der Waals surface area contributed by atoms with E-state index >= 15 is 0 Å². The Morgan fingerprint density at radius 1 is 1.31 bits per heavy atom. The van der Waals surface area contributed by atoms with Gasteiger partial charge >= 0.3 is 0 Å². The van der Waals surface area contributed by atoms with Crippen molar-refractivity contribution >= 4 is 21.4 Å². The molecule has 0 aliphatic heterocycles. The molecule has 0 atom stereocenters. The van der Waals surface area contributed by atoms with Crippen molar-refractivity contribution in [2.45, 2.75) is 0 Å². The number of nitrogens with one attached hydrogen (secondary N) is 1. The van der Waals surface area contributed by atoms with E-state index in [1.165, 1.54) is 0 Å². The van der Waals surface area contributed by atoms with E-state index in [2.05, 4.69) is 4.72 Å². The Labute approximate surface area is 96.3 Å². The van der Waals surface area contributed by atoms with Crippen LogP contribution in [0.4, 0.5) is 11.4 Å². The fourth-order valence-electron chi connectivity index (χ4n) is 1.32. The van der Waals surface area contributed by atoms with Gasteiger partial charge in [0.2, 0.25) is 10.0 Å². The van der Waals surface area contributed by atoms with E-state index in [-0.39, 0.29) is 12.3 Å². The molecule has 1 rings (SSSR count). The summed E-state index contributed by atoms with van der Waals surface area (Å²) < 4.78 is 25.6. The van der Waals surface area contributed by atoms with Gasteiger partial charge in [-0.15, -0.1) is 0 Å². The third kappa shape index (κ3) is 3.39. The minimum Gasteiger partial charge on any atom is -0.376 e. The van der Waals surface area contributed by atoms with Gasteiger partial charge in [0.1, 0.15) is 0 Å². The summed E-state index contributed by atoms with van der Waals surface area (Å²) in [6, 6.07) is 7.22. The molecule has 1 aromatic rings. The van der Waals surface area contributed by atoms with Gasteiger partial charge in [-0.05, 0) is 12.1 Å². The number of rotatable bonds is 5. The number of anilines is 2. The van der Waals surface area contributed by atoms with Crippen molar-refractivity contribution in [3.05, 3.63) is 24.3 Å². The fraction of sp³-hybridized carbons (Fsp3) is 0.400. The third-order valence-electron chi connectivity index (χ3n) is 2.04. The average molecular weight is 243 g/mol. The van der Waals surface area contributed by atoms with Gasteiger partial charge < -0.3 is 10.6 Å². The molecule has 1 aromatic carbocycles. The Morgan fingerprint density at radius 3 is 2.50 bits per heavy atom. The molecule has 0 aliphatic carbocycles. The molecule has 0 unspecified atom stereocenters. The Morgan fingerprint density at radius 2 is 1.94 bits per heavy atom. The highest BCUT2D eigenvalue weighted by Gasteiger charge is 2.12. The van der Waals surface area contributed by atoms with Gasteiger partial charge in [-0.1, -0.05) is 12.1 Å². The zero-order valence-electron chi connectivity index (χ0n) is 9.47. The molecular formula is C10H17N3O2S. The van der Waals surface area contributed by atoms with Crippen molar-refractivity contribution in [1.82, 2.24) is 0 Å². The normalized spacial score (nSPS) is 11.2. The molecule has 0 amide bonds. The predicted molar refractivity (Wildman–Crippen MR) is 67.2 cm³/mol. The lowest BCUT2D eigenvalue weighted by molar-refractivity contribution is 0.601. The number of para-hydroxylation sites is 2. The lowest BCUT2D eigenvalue weighted by Crippen LogP contribution is -2.23. The van der Waals surface area contributed by atoms with Crippen LogP contribution < -0.4 is 15.4 Å². The van der Waals surface area contributed by atoms with Gasteiger partial charge in [-0.25, -0.2) is 8.42 Å². The SMILES string of the molecule is CN(C)c1ccccc1NS(=O)(=O)CCN. The van der Waals surface area contributed by atoms with Crippen LogP contribution >= 0.6 is 0 Å². The van der Waals surface area contributed by atoms with Crippen molar-refractivity contribution in [3.63, 3.8) is 0 Å². The summed E-state index contributed by atoms with van der Waals surface area (Å²) in [5.74, 6) is -0.0746. The molecule has 0 aliphatic rings. The fourth-order valence-corrected chi connectivity index (χ4v) is 2.24. The Kier molecular flexibility index (Phi) is 4.14. The summed E-state index contributed by atoms with van der Waals surface area (Å²) in [5.41, 5.74) is 6.63. The summed E-state index contributed by atoms with van der Waals surface area (Å²) in [7, 11) is 0.372. The second-order valence-corrected chi connectivity index (χ2v) is 5.46. The van der Waals surface area contributed by atoms with Crippen molar-refractivity contribution in [2.75, 3.05) is 36.0 Å². The van der Waals surface area contributed by atoms with Gasteiger partial charge in [-0.3, -0.25) is 4.72 Å². The first-order chi connectivity index (χ1) is 7.46. The molecule has 3 N–H and O–H groups in total. The second-order valence-electron chi connectivity index (χ2n) is 3.62. The Hall–Kier alpha value is -1.27. The number of nitrogens with two attached hydrogens (primary N) is 1. The van der Waals surface area contributed by atoms with E-state index in [1.807, 2.05) is 31.1 Å². The van der Waals surface area contributed by atoms with E-state index in [9.17, 15) is 8.42 Å². The standard InChI is InChI=1S/C10H17N3O2S/c1-13(2)10-6-4-3-5-9(10)12-16(14,15)8-7-11/h3-6,12H,7-8,11H2,1-2H3. The largest absolute Gasteiger partial charge is 0.376 e. The molecule has 0 aromatic heterocycles. The lowest BCUT2D eigenvalue weighted by Gasteiger charge is -2.18. The molecule has 5 nitrogen and oxygen atoms in total. The van der Waals surface area contributed by atoms with E-state index in [0.29, 0.717) is 5.69 Å². The van der Waals surface area contributed by atoms with E-state index in [4.69, 9.17) is 5.73 Å². The first-order valence-corrected chi connectivity index (χ1v) is 6.58. The maximum atomic E-state index is 11.6. The van der Waals surface area contributed by atoms with Gasteiger partial charge in [-0.2, -0.15) is 0 Å². The van der Waals surface area contributed by atoms with Crippen molar-refractivity contribution < 1.29 is 8.42 Å². The molecule has 0 saturated heterocycles. The molecule has 0 bridgehead atoms. The lowest BCUT2D eigenvalue weighted by atomic mass is 10.2. The van der Waals surface area contributed by atoms with Crippen LogP contribution in [0.2, 0.25) is 0 Å². The van der Waals surface area contributed by atoms with Crippen LogP contribution in [0.25, 0.3) is 0 Å². The smallest absolute Gasteiger partial charge is 0.234 e. The number of hydrogen-bond donors (Lipinski definition) is 2. The van der Waals surface area contributed by atoms with Crippen LogP contribution in [-0.2, 0) is 10.0 Å². The predicted octanol–water partition coefficient (Wildman–Crippen LogP) is 0.453. The number of nitrogens with zero attached hydrogens (tertiary/aromatic N) is 1. The van der Waals surface area contributed by atoms with Crippen molar-refractivity contribution in [1.29, 1.82) is 0 Å². The average Bonchev–Trinajstić information content (AvgIpc) is 2.17. The highest BCUT2D eigenvalue weighted by Crippen LogP contribution is 2.24. The van der Waals surface area contributed by atoms with Crippen molar-refractivity contribution in [2.24, 2.45) is 5.73 Å². The molecule has 0 saturated carbocycles. The topological polar surface area (TPSA) is 75.4 Å². The molecule has 0 radical (unpaired) electrons. The second kappa shape index (κ2) is 5.18.